The molecule has 6 nitrogen and oxygen atoms in total. The molecule has 21 heavy (non-hydrogen) atoms. The maximum absolute atomic E-state index is 12.3. The number of nitriles is 1. The Morgan fingerprint density at radius 2 is 2.19 bits per heavy atom. The summed E-state index contributed by atoms with van der Waals surface area (Å²) >= 11 is 0. The fourth-order valence-electron chi connectivity index (χ4n) is 2.45. The first-order chi connectivity index (χ1) is 9.96. The van der Waals surface area contributed by atoms with Gasteiger partial charge in [0.25, 0.3) is 0 Å². The average Bonchev–Trinajstić information content (AvgIpc) is 2.43. The third kappa shape index (κ3) is 3.31. The van der Waals surface area contributed by atoms with Gasteiger partial charge in [-0.2, -0.15) is 5.26 Å². The molecule has 1 fully saturated rings. The van der Waals surface area contributed by atoms with E-state index in [0.29, 0.717) is 24.1 Å². The van der Waals surface area contributed by atoms with Crippen molar-refractivity contribution in [1.82, 2.24) is 5.32 Å². The van der Waals surface area contributed by atoms with E-state index >= 15 is 0 Å². The first-order valence-electron chi connectivity index (χ1n) is 6.74. The molecule has 0 bridgehead atoms. The molecule has 0 spiro atoms. The molecule has 110 valence electrons. The zero-order valence-electron chi connectivity index (χ0n) is 11.8. The Morgan fingerprint density at radius 3 is 2.71 bits per heavy atom. The third-order valence-electron chi connectivity index (χ3n) is 3.84. The minimum absolute atomic E-state index is 0.0647. The fourth-order valence-corrected chi connectivity index (χ4v) is 2.45. The maximum atomic E-state index is 12.3. The Labute approximate surface area is 123 Å². The molecule has 2 rings (SSSR count). The second-order valence-electron chi connectivity index (χ2n) is 5.36. The predicted molar refractivity (Wildman–Crippen MR) is 76.9 cm³/mol. The van der Waals surface area contributed by atoms with Gasteiger partial charge in [-0.05, 0) is 37.5 Å². The molecule has 1 aromatic carbocycles. The molecule has 2 N–H and O–H groups in total. The monoisotopic (exact) mass is 287 g/mol. The lowest BCUT2D eigenvalue weighted by Gasteiger charge is -2.42. The molecule has 1 aromatic rings. The van der Waals surface area contributed by atoms with Crippen LogP contribution in [0.25, 0.3) is 0 Å². The number of carbonyl (C=O) groups excluding carboxylic acids is 1. The third-order valence-corrected chi connectivity index (χ3v) is 3.84. The standard InChI is InChI=1S/C15H17N3O3/c1-18(12-5-2-4-11(8-12)10-16)14(21)17-15(6-3-7-15)9-13(19)20/h2,4-5,8H,3,6-7,9H2,1H3,(H,17,21)(H,19,20). The van der Waals surface area contributed by atoms with Gasteiger partial charge in [0.15, 0.2) is 0 Å². The van der Waals surface area contributed by atoms with E-state index in [1.54, 1.807) is 31.3 Å². The Morgan fingerprint density at radius 1 is 1.48 bits per heavy atom. The van der Waals surface area contributed by atoms with Crippen molar-refractivity contribution >= 4 is 17.7 Å². The van der Waals surface area contributed by atoms with Crippen molar-refractivity contribution in [2.24, 2.45) is 0 Å². The number of amides is 2. The van der Waals surface area contributed by atoms with E-state index in [9.17, 15) is 9.59 Å². The van der Waals surface area contributed by atoms with Gasteiger partial charge in [0, 0.05) is 12.7 Å². The van der Waals surface area contributed by atoms with Gasteiger partial charge in [0.1, 0.15) is 0 Å². The first kappa shape index (κ1) is 14.9. The molecule has 6 heteroatoms. The minimum Gasteiger partial charge on any atom is -0.481 e. The van der Waals surface area contributed by atoms with Crippen LogP contribution in [0.15, 0.2) is 24.3 Å². The van der Waals surface area contributed by atoms with E-state index in [1.165, 1.54) is 4.90 Å². The van der Waals surface area contributed by atoms with Crippen molar-refractivity contribution in [3.63, 3.8) is 0 Å². The SMILES string of the molecule is CN(C(=O)NC1(CC(=O)O)CCC1)c1cccc(C#N)c1. The summed E-state index contributed by atoms with van der Waals surface area (Å²) in [5, 5.41) is 20.7. The van der Waals surface area contributed by atoms with Crippen LogP contribution in [0.2, 0.25) is 0 Å². The topological polar surface area (TPSA) is 93.4 Å². The normalized spacial score (nSPS) is 15.4. The molecule has 0 unspecified atom stereocenters. The lowest BCUT2D eigenvalue weighted by atomic mass is 9.74. The van der Waals surface area contributed by atoms with E-state index in [2.05, 4.69) is 5.32 Å². The number of benzene rings is 1. The molecule has 1 aliphatic carbocycles. The number of rotatable bonds is 4. The number of urea groups is 1. The Balaban J connectivity index is 2.08. The zero-order valence-corrected chi connectivity index (χ0v) is 11.8. The van der Waals surface area contributed by atoms with Gasteiger partial charge in [0.05, 0.1) is 23.6 Å². The lowest BCUT2D eigenvalue weighted by molar-refractivity contribution is -0.139. The van der Waals surface area contributed by atoms with Crippen LogP contribution in [0.5, 0.6) is 0 Å². The van der Waals surface area contributed by atoms with Crippen LogP contribution < -0.4 is 10.2 Å². The summed E-state index contributed by atoms with van der Waals surface area (Å²) in [4.78, 5) is 24.6. The van der Waals surface area contributed by atoms with Crippen molar-refractivity contribution in [3.8, 4) is 6.07 Å². The van der Waals surface area contributed by atoms with Gasteiger partial charge < -0.3 is 10.4 Å². The summed E-state index contributed by atoms with van der Waals surface area (Å²) in [5.74, 6) is -0.913. The van der Waals surface area contributed by atoms with Gasteiger partial charge in [-0.15, -0.1) is 0 Å². The van der Waals surface area contributed by atoms with Crippen molar-refractivity contribution in [2.45, 2.75) is 31.2 Å². The average molecular weight is 287 g/mol. The van der Waals surface area contributed by atoms with Gasteiger partial charge in [-0.1, -0.05) is 6.07 Å². The largest absolute Gasteiger partial charge is 0.481 e. The molecule has 0 atom stereocenters. The van der Waals surface area contributed by atoms with E-state index in [-0.39, 0.29) is 12.5 Å². The molecule has 1 aliphatic rings. The number of carboxylic acids is 1. The number of carboxylic acid groups (broad SMARTS) is 1. The summed E-state index contributed by atoms with van der Waals surface area (Å²) in [6.45, 7) is 0. The van der Waals surface area contributed by atoms with Crippen molar-refractivity contribution in [2.75, 3.05) is 11.9 Å². The highest BCUT2D eigenvalue weighted by atomic mass is 16.4. The molecule has 2 amide bonds. The molecule has 0 heterocycles. The maximum Gasteiger partial charge on any atom is 0.322 e. The highest BCUT2D eigenvalue weighted by Gasteiger charge is 2.41. The number of carbonyl (C=O) groups is 2. The van der Waals surface area contributed by atoms with Crippen molar-refractivity contribution in [3.05, 3.63) is 29.8 Å². The quantitative estimate of drug-likeness (QED) is 0.886. The smallest absolute Gasteiger partial charge is 0.322 e. The second kappa shape index (κ2) is 5.83. The highest BCUT2D eigenvalue weighted by Crippen LogP contribution is 2.35. The van der Waals surface area contributed by atoms with Gasteiger partial charge in [-0.25, -0.2) is 4.79 Å². The van der Waals surface area contributed by atoms with Crippen LogP contribution in [0, 0.1) is 11.3 Å². The molecule has 1 saturated carbocycles. The summed E-state index contributed by atoms with van der Waals surface area (Å²) in [6.07, 6.45) is 2.21. The Bertz CT molecular complexity index is 602. The number of hydrogen-bond acceptors (Lipinski definition) is 3. The van der Waals surface area contributed by atoms with Crippen LogP contribution in [0.1, 0.15) is 31.2 Å². The Kier molecular flexibility index (Phi) is 4.13. The van der Waals surface area contributed by atoms with Crippen LogP contribution in [-0.2, 0) is 4.79 Å². The van der Waals surface area contributed by atoms with Crippen LogP contribution in [-0.4, -0.2) is 29.7 Å². The predicted octanol–water partition coefficient (Wildman–Crippen LogP) is 2.10. The number of nitrogens with one attached hydrogen (secondary N) is 1. The van der Waals surface area contributed by atoms with Crippen LogP contribution in [0.4, 0.5) is 10.5 Å². The van der Waals surface area contributed by atoms with Gasteiger partial charge in [0.2, 0.25) is 0 Å². The van der Waals surface area contributed by atoms with Crippen LogP contribution >= 0.6 is 0 Å². The van der Waals surface area contributed by atoms with Crippen LogP contribution in [0.3, 0.4) is 0 Å². The van der Waals surface area contributed by atoms with Gasteiger partial charge in [-0.3, -0.25) is 9.69 Å². The van der Waals surface area contributed by atoms with E-state index in [1.807, 2.05) is 6.07 Å². The highest BCUT2D eigenvalue weighted by molar-refractivity contribution is 5.92. The summed E-state index contributed by atoms with van der Waals surface area (Å²) in [6, 6.07) is 8.37. The molecule has 0 aromatic heterocycles. The second-order valence-corrected chi connectivity index (χ2v) is 5.36. The molecular weight excluding hydrogens is 270 g/mol. The van der Waals surface area contributed by atoms with E-state index in [4.69, 9.17) is 10.4 Å². The molecule has 0 radical (unpaired) electrons. The number of hydrogen-bond donors (Lipinski definition) is 2. The fraction of sp³-hybridized carbons (Fsp3) is 0.400. The summed E-state index contributed by atoms with van der Waals surface area (Å²) < 4.78 is 0. The molecular formula is C15H17N3O3. The number of nitrogens with zero attached hydrogens (tertiary/aromatic N) is 2. The van der Waals surface area contributed by atoms with Crippen molar-refractivity contribution < 1.29 is 14.7 Å². The molecule has 0 saturated heterocycles. The zero-order chi connectivity index (χ0) is 15.5. The Hall–Kier alpha value is -2.55. The minimum atomic E-state index is -0.913. The van der Waals surface area contributed by atoms with Gasteiger partial charge >= 0.3 is 12.0 Å². The number of anilines is 1. The van der Waals surface area contributed by atoms with Crippen molar-refractivity contribution in [1.29, 1.82) is 5.26 Å². The summed E-state index contributed by atoms with van der Waals surface area (Å²) in [7, 11) is 1.60. The van der Waals surface area contributed by atoms with E-state index in [0.717, 1.165) is 6.42 Å². The van der Waals surface area contributed by atoms with E-state index < -0.39 is 11.5 Å². The first-order valence-corrected chi connectivity index (χ1v) is 6.74. The molecule has 0 aliphatic heterocycles. The summed E-state index contributed by atoms with van der Waals surface area (Å²) in [5.41, 5.74) is 0.427. The lowest BCUT2D eigenvalue weighted by Crippen LogP contribution is -2.57. The number of aliphatic carboxylic acids is 1.